The molecule has 4 rings (SSSR count). The fourth-order valence-electron chi connectivity index (χ4n) is 3.84. The second-order valence-corrected chi connectivity index (χ2v) is 8.23. The summed E-state index contributed by atoms with van der Waals surface area (Å²) in [6.07, 6.45) is 3.91. The first-order chi connectivity index (χ1) is 14.6. The summed E-state index contributed by atoms with van der Waals surface area (Å²) in [5.74, 6) is -4.01. The smallest absolute Gasteiger partial charge is 0.273 e. The number of aryl methyl sites for hydroxylation is 1. The fourth-order valence-corrected chi connectivity index (χ4v) is 3.84. The predicted octanol–water partition coefficient (Wildman–Crippen LogP) is 4.98. The zero-order valence-electron chi connectivity index (χ0n) is 17.3. The van der Waals surface area contributed by atoms with Crippen molar-refractivity contribution >= 4 is 16.7 Å². The average molecular weight is 434 g/mol. The molecule has 1 N–H and O–H groups in total. The number of fused-ring (bicyclic) bond motifs is 1. The molecule has 2 aromatic heterocycles. The SMILES string of the molecule is Cc1c(=O)n(C2(CF)CC2)cc2c(N[C@H](C)c3cccc(C(C)(F)F)c3F)ncnc12. The molecule has 5 nitrogen and oxygen atoms in total. The first-order valence-electron chi connectivity index (χ1n) is 9.96. The number of alkyl halides is 3. The number of nitrogens with zero attached hydrogens (tertiary/aromatic N) is 3. The zero-order valence-corrected chi connectivity index (χ0v) is 17.3. The highest BCUT2D eigenvalue weighted by molar-refractivity contribution is 5.90. The number of hydrogen-bond acceptors (Lipinski definition) is 4. The molecule has 0 amide bonds. The highest BCUT2D eigenvalue weighted by Gasteiger charge is 2.46. The standard InChI is InChI=1S/C22H22F4N4O/c1-12-18-15(9-30(20(12)31)22(10-23)7-8-22)19(28-11-27-18)29-13(2)14-5-4-6-16(17(14)24)21(3,25)26/h4-6,9,11,13H,7-8,10H2,1-3H3,(H,27,28,29)/t13-/m1/s1. The van der Waals surface area contributed by atoms with E-state index < -0.39 is 35.6 Å². The van der Waals surface area contributed by atoms with E-state index in [-0.39, 0.29) is 11.1 Å². The molecule has 0 saturated heterocycles. The Kier molecular flexibility index (Phi) is 5.02. The van der Waals surface area contributed by atoms with Gasteiger partial charge in [0.15, 0.2) is 0 Å². The van der Waals surface area contributed by atoms with Gasteiger partial charge in [0.2, 0.25) is 0 Å². The molecule has 0 bridgehead atoms. The largest absolute Gasteiger partial charge is 0.363 e. The molecule has 1 atom stereocenters. The van der Waals surface area contributed by atoms with Crippen molar-refractivity contribution in [3.05, 3.63) is 63.6 Å². The van der Waals surface area contributed by atoms with E-state index >= 15 is 0 Å². The summed E-state index contributed by atoms with van der Waals surface area (Å²) in [5, 5.41) is 3.51. The molecule has 3 aromatic rings. The van der Waals surface area contributed by atoms with Crippen LogP contribution in [0, 0.1) is 12.7 Å². The summed E-state index contributed by atoms with van der Waals surface area (Å²) in [5.41, 5.74) is -1.04. The van der Waals surface area contributed by atoms with Gasteiger partial charge >= 0.3 is 0 Å². The van der Waals surface area contributed by atoms with Gasteiger partial charge < -0.3 is 9.88 Å². The maximum atomic E-state index is 14.8. The Morgan fingerprint density at radius 3 is 2.61 bits per heavy atom. The lowest BCUT2D eigenvalue weighted by atomic mass is 10.0. The molecule has 1 aliphatic rings. The number of benzene rings is 1. The summed E-state index contributed by atoms with van der Waals surface area (Å²) in [6.45, 7) is 3.22. The third kappa shape index (κ3) is 3.55. The van der Waals surface area contributed by atoms with E-state index in [1.165, 1.54) is 29.2 Å². The molecule has 164 valence electrons. The van der Waals surface area contributed by atoms with Crippen LogP contribution in [0.3, 0.4) is 0 Å². The molecule has 2 heterocycles. The number of aromatic nitrogens is 3. The lowest BCUT2D eigenvalue weighted by Crippen LogP contribution is -2.33. The van der Waals surface area contributed by atoms with E-state index in [2.05, 4.69) is 15.3 Å². The molecule has 1 fully saturated rings. The van der Waals surface area contributed by atoms with Crippen molar-refractivity contribution in [2.75, 3.05) is 12.0 Å². The Hall–Kier alpha value is -2.97. The molecule has 0 aliphatic heterocycles. The Morgan fingerprint density at radius 2 is 2.00 bits per heavy atom. The summed E-state index contributed by atoms with van der Waals surface area (Å²) in [6, 6.07) is 3.15. The molecular weight excluding hydrogens is 412 g/mol. The topological polar surface area (TPSA) is 59.8 Å². The third-order valence-electron chi connectivity index (χ3n) is 5.95. The zero-order chi connectivity index (χ0) is 22.6. The van der Waals surface area contributed by atoms with Gasteiger partial charge in [-0.25, -0.2) is 27.5 Å². The minimum absolute atomic E-state index is 0.0539. The molecule has 0 unspecified atom stereocenters. The van der Waals surface area contributed by atoms with Crippen molar-refractivity contribution in [1.82, 2.24) is 14.5 Å². The van der Waals surface area contributed by atoms with Crippen LogP contribution in [0.1, 0.15) is 49.4 Å². The number of rotatable bonds is 6. The molecule has 31 heavy (non-hydrogen) atoms. The monoisotopic (exact) mass is 434 g/mol. The van der Waals surface area contributed by atoms with Crippen molar-refractivity contribution < 1.29 is 17.6 Å². The lowest BCUT2D eigenvalue weighted by Gasteiger charge is -2.21. The first-order valence-corrected chi connectivity index (χ1v) is 9.96. The van der Waals surface area contributed by atoms with Gasteiger partial charge in [-0.15, -0.1) is 0 Å². The highest BCUT2D eigenvalue weighted by atomic mass is 19.3. The van der Waals surface area contributed by atoms with Crippen molar-refractivity contribution in [3.63, 3.8) is 0 Å². The lowest BCUT2D eigenvalue weighted by molar-refractivity contribution is 0.0136. The van der Waals surface area contributed by atoms with Gasteiger partial charge in [0.25, 0.3) is 11.5 Å². The molecule has 0 spiro atoms. The van der Waals surface area contributed by atoms with Crippen molar-refractivity contribution in [3.8, 4) is 0 Å². The van der Waals surface area contributed by atoms with Crippen LogP contribution in [0.2, 0.25) is 0 Å². The quantitative estimate of drug-likeness (QED) is 0.556. The number of pyridine rings is 1. The Labute approximate surface area is 176 Å². The number of anilines is 1. The van der Waals surface area contributed by atoms with Gasteiger partial charge in [-0.3, -0.25) is 4.79 Å². The first kappa shape index (κ1) is 21.3. The van der Waals surface area contributed by atoms with Crippen molar-refractivity contribution in [2.24, 2.45) is 0 Å². The van der Waals surface area contributed by atoms with Gasteiger partial charge in [0.05, 0.1) is 28.0 Å². The van der Waals surface area contributed by atoms with Crippen LogP contribution in [-0.2, 0) is 11.5 Å². The summed E-state index contributed by atoms with van der Waals surface area (Å²) >= 11 is 0. The van der Waals surface area contributed by atoms with Gasteiger partial charge in [-0.2, -0.15) is 0 Å². The van der Waals surface area contributed by atoms with Gasteiger partial charge in [-0.1, -0.05) is 18.2 Å². The van der Waals surface area contributed by atoms with Gasteiger partial charge in [-0.05, 0) is 26.7 Å². The van der Waals surface area contributed by atoms with Crippen LogP contribution < -0.4 is 10.9 Å². The molecule has 0 radical (unpaired) electrons. The Bertz CT molecular complexity index is 1210. The maximum absolute atomic E-state index is 14.8. The van der Waals surface area contributed by atoms with Gasteiger partial charge in [0, 0.05) is 24.2 Å². The second-order valence-electron chi connectivity index (χ2n) is 8.23. The molecule has 1 saturated carbocycles. The molecule has 1 aromatic carbocycles. The average Bonchev–Trinajstić information content (AvgIpc) is 3.51. The van der Waals surface area contributed by atoms with Crippen LogP contribution in [0.5, 0.6) is 0 Å². The van der Waals surface area contributed by atoms with E-state index in [4.69, 9.17) is 0 Å². The summed E-state index contributed by atoms with van der Waals surface area (Å²) in [7, 11) is 0. The fraction of sp³-hybridized carbons (Fsp3) is 0.409. The van der Waals surface area contributed by atoms with E-state index in [1.807, 2.05) is 0 Å². The number of halogens is 4. The minimum atomic E-state index is -3.32. The van der Waals surface area contributed by atoms with Crippen LogP contribution in [0.4, 0.5) is 23.4 Å². The van der Waals surface area contributed by atoms with Gasteiger partial charge in [0.1, 0.15) is 24.6 Å². The number of hydrogen-bond donors (Lipinski definition) is 1. The normalized spacial score (nSPS) is 16.4. The van der Waals surface area contributed by atoms with Crippen LogP contribution >= 0.6 is 0 Å². The van der Waals surface area contributed by atoms with E-state index in [1.54, 1.807) is 13.8 Å². The second kappa shape index (κ2) is 7.32. The van der Waals surface area contributed by atoms with Crippen molar-refractivity contribution in [2.45, 2.75) is 51.1 Å². The molecule has 1 aliphatic carbocycles. The highest BCUT2D eigenvalue weighted by Crippen LogP contribution is 2.43. The predicted molar refractivity (Wildman–Crippen MR) is 110 cm³/mol. The van der Waals surface area contributed by atoms with E-state index in [0.29, 0.717) is 42.0 Å². The Morgan fingerprint density at radius 1 is 1.29 bits per heavy atom. The third-order valence-corrected chi connectivity index (χ3v) is 5.95. The summed E-state index contributed by atoms with van der Waals surface area (Å²) < 4.78 is 57.3. The van der Waals surface area contributed by atoms with Crippen molar-refractivity contribution in [1.29, 1.82) is 0 Å². The molecule has 9 heteroatoms. The maximum Gasteiger partial charge on any atom is 0.273 e. The van der Waals surface area contributed by atoms with Crippen LogP contribution in [0.25, 0.3) is 10.9 Å². The van der Waals surface area contributed by atoms with E-state index in [0.717, 1.165) is 6.07 Å². The number of nitrogens with one attached hydrogen (secondary N) is 1. The molecular formula is C22H22F4N4O. The Balaban J connectivity index is 1.79. The minimum Gasteiger partial charge on any atom is -0.363 e. The van der Waals surface area contributed by atoms with E-state index in [9.17, 15) is 22.4 Å². The van der Waals surface area contributed by atoms with Crippen LogP contribution in [0.15, 0.2) is 35.5 Å². The van der Waals surface area contributed by atoms with Crippen LogP contribution in [-0.4, -0.2) is 21.2 Å². The summed E-state index contributed by atoms with van der Waals surface area (Å²) in [4.78, 5) is 21.1.